The van der Waals surface area contributed by atoms with Gasteiger partial charge in [0.1, 0.15) is 6.04 Å². The van der Waals surface area contributed by atoms with Crippen molar-refractivity contribution in [1.29, 1.82) is 0 Å². The van der Waals surface area contributed by atoms with Crippen LogP contribution < -0.4 is 5.06 Å². The van der Waals surface area contributed by atoms with Crippen LogP contribution in [0.25, 0.3) is 0 Å². The minimum Gasteiger partial charge on any atom is -0.292 e. The molecule has 2 aliphatic rings. The third-order valence-corrected chi connectivity index (χ3v) is 5.68. The Labute approximate surface area is 170 Å². The fourth-order valence-corrected chi connectivity index (χ4v) is 4.62. The lowest BCUT2D eigenvalue weighted by atomic mass is 9.86. The molecule has 6 nitrogen and oxygen atoms in total. The van der Waals surface area contributed by atoms with Gasteiger partial charge in [-0.05, 0) is 26.0 Å². The van der Waals surface area contributed by atoms with E-state index in [2.05, 4.69) is 0 Å². The molecule has 0 saturated carbocycles. The summed E-state index contributed by atoms with van der Waals surface area (Å²) in [4.78, 5) is 46.3. The van der Waals surface area contributed by atoms with Gasteiger partial charge in [0.2, 0.25) is 5.91 Å². The standard InChI is InChI=1S/C23H24N2O4/c1-16(26)24-21(28)23(15-22(24,2)3)14-19(20(27)17-10-6-4-7-11-17)25(29-23)18-12-8-5-9-13-18/h4-13,19H,14-15H2,1-3H3/t19-,23+/m1/s1. The zero-order valence-corrected chi connectivity index (χ0v) is 16.8. The van der Waals surface area contributed by atoms with Gasteiger partial charge in [-0.1, -0.05) is 48.5 Å². The number of ketones is 1. The maximum Gasteiger partial charge on any atom is 0.264 e. The second-order valence-corrected chi connectivity index (χ2v) is 8.35. The number of amides is 2. The maximum absolute atomic E-state index is 13.3. The molecule has 0 unspecified atom stereocenters. The summed E-state index contributed by atoms with van der Waals surface area (Å²) < 4.78 is 0. The van der Waals surface area contributed by atoms with Gasteiger partial charge in [-0.2, -0.15) is 0 Å². The van der Waals surface area contributed by atoms with Gasteiger partial charge in [-0.25, -0.2) is 5.06 Å². The third kappa shape index (κ3) is 3.13. The van der Waals surface area contributed by atoms with Crippen LogP contribution in [-0.4, -0.2) is 39.7 Å². The summed E-state index contributed by atoms with van der Waals surface area (Å²) in [6.45, 7) is 5.09. The van der Waals surface area contributed by atoms with Crippen molar-refractivity contribution in [3.8, 4) is 0 Å². The number of anilines is 1. The monoisotopic (exact) mass is 392 g/mol. The highest BCUT2D eigenvalue weighted by Gasteiger charge is 2.64. The predicted octanol–water partition coefficient (Wildman–Crippen LogP) is 3.38. The first kappa shape index (κ1) is 19.3. The molecule has 2 heterocycles. The first-order chi connectivity index (χ1) is 13.8. The number of rotatable bonds is 3. The van der Waals surface area contributed by atoms with Gasteiger partial charge in [0.05, 0.1) is 5.69 Å². The molecule has 0 radical (unpaired) electrons. The largest absolute Gasteiger partial charge is 0.292 e. The average Bonchev–Trinajstić information content (AvgIpc) is 3.17. The number of Topliss-reactive ketones (excluding diaryl/α,β-unsaturated/α-hetero) is 1. The molecule has 0 N–H and O–H groups in total. The lowest BCUT2D eigenvalue weighted by Crippen LogP contribution is -2.46. The molecular formula is C23H24N2O4. The van der Waals surface area contributed by atoms with Crippen LogP contribution in [0.3, 0.4) is 0 Å². The zero-order chi connectivity index (χ0) is 20.8. The fraction of sp³-hybridized carbons (Fsp3) is 0.348. The normalized spacial score (nSPS) is 25.6. The number of nitrogens with zero attached hydrogens (tertiary/aromatic N) is 2. The zero-order valence-electron chi connectivity index (χ0n) is 16.8. The topological polar surface area (TPSA) is 66.9 Å². The average molecular weight is 392 g/mol. The van der Waals surface area contributed by atoms with Crippen LogP contribution in [-0.2, 0) is 14.4 Å². The molecule has 2 fully saturated rings. The van der Waals surface area contributed by atoms with Gasteiger partial charge in [-0.3, -0.25) is 24.1 Å². The molecule has 2 amide bonds. The van der Waals surface area contributed by atoms with Crippen LogP contribution in [0.4, 0.5) is 5.69 Å². The highest BCUT2D eigenvalue weighted by molar-refractivity contribution is 6.06. The van der Waals surface area contributed by atoms with Gasteiger partial charge in [0.15, 0.2) is 11.4 Å². The van der Waals surface area contributed by atoms with E-state index in [0.717, 1.165) is 0 Å². The summed E-state index contributed by atoms with van der Waals surface area (Å²) in [5, 5.41) is 1.55. The number of para-hydroxylation sites is 1. The number of benzene rings is 2. The van der Waals surface area contributed by atoms with Crippen molar-refractivity contribution in [2.75, 3.05) is 5.06 Å². The van der Waals surface area contributed by atoms with E-state index in [-0.39, 0.29) is 24.0 Å². The number of hydrogen-bond donors (Lipinski definition) is 0. The quantitative estimate of drug-likeness (QED) is 0.749. The van der Waals surface area contributed by atoms with E-state index in [0.29, 0.717) is 17.7 Å². The van der Waals surface area contributed by atoms with Crippen LogP contribution in [0.15, 0.2) is 60.7 Å². The second kappa shape index (κ2) is 6.81. The van der Waals surface area contributed by atoms with E-state index < -0.39 is 17.2 Å². The number of imide groups is 1. The summed E-state index contributed by atoms with van der Waals surface area (Å²) >= 11 is 0. The molecule has 2 atom stereocenters. The summed E-state index contributed by atoms with van der Waals surface area (Å²) in [5.74, 6) is -0.804. The molecule has 2 aromatic rings. The third-order valence-electron chi connectivity index (χ3n) is 5.68. The molecule has 2 saturated heterocycles. The highest BCUT2D eigenvalue weighted by Crippen LogP contribution is 2.48. The lowest BCUT2D eigenvalue weighted by molar-refractivity contribution is -0.153. The summed E-state index contributed by atoms with van der Waals surface area (Å²) in [6.07, 6.45) is 0.530. The molecule has 0 aromatic heterocycles. The van der Waals surface area contributed by atoms with E-state index >= 15 is 0 Å². The van der Waals surface area contributed by atoms with E-state index in [1.54, 1.807) is 17.2 Å². The van der Waals surface area contributed by atoms with E-state index in [1.807, 2.05) is 62.4 Å². The summed E-state index contributed by atoms with van der Waals surface area (Å²) in [5.41, 5.74) is -0.659. The van der Waals surface area contributed by atoms with E-state index in [4.69, 9.17) is 4.84 Å². The molecule has 0 aliphatic carbocycles. The van der Waals surface area contributed by atoms with Gasteiger partial charge in [0, 0.05) is 30.9 Å². The molecule has 2 aliphatic heterocycles. The van der Waals surface area contributed by atoms with Crippen LogP contribution >= 0.6 is 0 Å². The van der Waals surface area contributed by atoms with Crippen molar-refractivity contribution in [2.24, 2.45) is 0 Å². The van der Waals surface area contributed by atoms with E-state index in [1.165, 1.54) is 11.8 Å². The lowest BCUT2D eigenvalue weighted by Gasteiger charge is -2.27. The van der Waals surface area contributed by atoms with Gasteiger partial charge in [-0.15, -0.1) is 0 Å². The Bertz CT molecular complexity index is 957. The SMILES string of the molecule is CC(=O)N1C(=O)[C@]2(C[C@H](C(=O)c3ccccc3)N(c3ccccc3)O2)CC1(C)C. The predicted molar refractivity (Wildman–Crippen MR) is 108 cm³/mol. The van der Waals surface area contributed by atoms with Gasteiger partial charge in [0.25, 0.3) is 5.91 Å². The van der Waals surface area contributed by atoms with Crippen molar-refractivity contribution in [2.45, 2.75) is 50.8 Å². The molecule has 29 heavy (non-hydrogen) atoms. The first-order valence-electron chi connectivity index (χ1n) is 9.73. The van der Waals surface area contributed by atoms with Crippen LogP contribution in [0.1, 0.15) is 44.0 Å². The van der Waals surface area contributed by atoms with Gasteiger partial charge < -0.3 is 0 Å². The molecule has 2 aromatic carbocycles. The van der Waals surface area contributed by atoms with Crippen molar-refractivity contribution in [1.82, 2.24) is 4.90 Å². The second-order valence-electron chi connectivity index (χ2n) is 8.35. The van der Waals surface area contributed by atoms with Crippen molar-refractivity contribution >= 4 is 23.3 Å². The Balaban J connectivity index is 1.76. The molecule has 4 rings (SSSR count). The van der Waals surface area contributed by atoms with Crippen LogP contribution in [0.5, 0.6) is 0 Å². The van der Waals surface area contributed by atoms with Gasteiger partial charge >= 0.3 is 0 Å². The smallest absolute Gasteiger partial charge is 0.264 e. The van der Waals surface area contributed by atoms with Crippen molar-refractivity contribution < 1.29 is 19.2 Å². The van der Waals surface area contributed by atoms with Crippen LogP contribution in [0, 0.1) is 0 Å². The Morgan fingerprint density at radius 2 is 1.59 bits per heavy atom. The minimum atomic E-state index is -1.24. The fourth-order valence-electron chi connectivity index (χ4n) is 4.62. The number of carbonyl (C=O) groups excluding carboxylic acids is 3. The molecule has 1 spiro atoms. The maximum atomic E-state index is 13.3. The molecule has 150 valence electrons. The summed E-state index contributed by atoms with van der Waals surface area (Å²) in [6, 6.07) is 17.6. The molecule has 0 bridgehead atoms. The Hall–Kier alpha value is -2.99. The number of carbonyl (C=O) groups is 3. The number of hydroxylamine groups is 1. The molecule has 6 heteroatoms. The van der Waals surface area contributed by atoms with Crippen molar-refractivity contribution in [3.63, 3.8) is 0 Å². The first-order valence-corrected chi connectivity index (χ1v) is 9.73. The molecular weight excluding hydrogens is 368 g/mol. The number of likely N-dealkylation sites (tertiary alicyclic amines) is 1. The summed E-state index contributed by atoms with van der Waals surface area (Å²) in [7, 11) is 0. The van der Waals surface area contributed by atoms with Crippen LogP contribution in [0.2, 0.25) is 0 Å². The Morgan fingerprint density at radius 1 is 1.00 bits per heavy atom. The Morgan fingerprint density at radius 3 is 2.14 bits per heavy atom. The van der Waals surface area contributed by atoms with Crippen molar-refractivity contribution in [3.05, 3.63) is 66.2 Å². The van der Waals surface area contributed by atoms with E-state index in [9.17, 15) is 14.4 Å². The number of hydrogen-bond acceptors (Lipinski definition) is 5. The highest BCUT2D eigenvalue weighted by atomic mass is 16.7. The Kier molecular flexibility index (Phi) is 4.54. The minimum absolute atomic E-state index is 0.113.